The van der Waals surface area contributed by atoms with Gasteiger partial charge in [-0.05, 0) is 202 Å². The molecule has 2 aliphatic carbocycles. The number of benzene rings is 9. The van der Waals surface area contributed by atoms with Crippen molar-refractivity contribution in [1.82, 2.24) is 0 Å². The van der Waals surface area contributed by atoms with Gasteiger partial charge in [0, 0.05) is 56.2 Å². The first-order valence-electron chi connectivity index (χ1n) is 33.2. The zero-order valence-electron chi connectivity index (χ0n) is 57.6. The van der Waals surface area contributed by atoms with Crippen molar-refractivity contribution in [2.45, 2.75) is 202 Å². The third-order valence-corrected chi connectivity index (χ3v) is 21.5. The van der Waals surface area contributed by atoms with E-state index in [1.807, 2.05) is 0 Å². The van der Waals surface area contributed by atoms with Gasteiger partial charge in [-0.25, -0.2) is 0 Å². The highest BCUT2D eigenvalue weighted by Crippen LogP contribution is 2.57. The van der Waals surface area contributed by atoms with Crippen LogP contribution in [0, 0.1) is 6.92 Å². The van der Waals surface area contributed by atoms with Crippen molar-refractivity contribution in [3.05, 3.63) is 237 Å². The summed E-state index contributed by atoms with van der Waals surface area (Å²) in [5.41, 5.74) is 31.5. The molecule has 2 heterocycles. The molecule has 9 aromatic carbocycles. The fraction of sp³-hybridized carbons (Fsp3) is 0.365. The first kappa shape index (κ1) is 60.4. The SMILES string of the molecule is Cc1cc2c(cc1N1c3cc4c(cc3B3c5cc(C(C)(C)C)ccc5N(c5ccc(C(C)(C)C)cc5-c5ccccc5)c5cc(N(c6ccc(C(C)(C)C)cc6)c6ccc(C(C)(C)C)cc6)cc1c53)C(C)(C)c1ccccc1C4(C)C)C(C)(C)CCC2(C)C. The van der Waals surface area contributed by atoms with E-state index in [0.717, 1.165) is 29.9 Å². The molecule has 0 unspecified atom stereocenters. The van der Waals surface area contributed by atoms with Crippen LogP contribution in [0.5, 0.6) is 0 Å². The Morgan fingerprint density at radius 3 is 1.27 bits per heavy atom. The molecule has 0 spiro atoms. The van der Waals surface area contributed by atoms with E-state index in [1.165, 1.54) is 123 Å². The quantitative estimate of drug-likeness (QED) is 0.154. The van der Waals surface area contributed by atoms with Gasteiger partial charge in [0.1, 0.15) is 0 Å². The number of nitrogens with zero attached hydrogens (tertiary/aromatic N) is 3. The Bertz CT molecular complexity index is 4240. The average Bonchev–Trinajstić information content (AvgIpc) is 0.685. The molecule has 0 radical (unpaired) electrons. The standard InChI is InChI=1S/C85H96BN3/c1-53-45-65-66(83(16,17)44-43-82(65,14)15)51-73(53)89-74-52-68-67(84(18,19)63-29-25-26-30-64(63)85(68,20)21)50-70(74)86-69-47-58(81(11,12)13)36-42-72(69)88(71-41-35-57(80(8,9)10)46-62(71)54-27-23-22-24-28-54)75-48-61(49-76(89)77(75)86)87(59-37-31-55(32-38-59)78(2,3)4)60-39-33-56(34-40-60)79(5,6)7/h22-42,45-52H,43-44H2,1-21H3. The lowest BCUT2D eigenvalue weighted by Gasteiger charge is -2.49. The fourth-order valence-electron chi connectivity index (χ4n) is 15.7. The van der Waals surface area contributed by atoms with Gasteiger partial charge in [0.05, 0.1) is 11.4 Å². The predicted molar refractivity (Wildman–Crippen MR) is 386 cm³/mol. The minimum absolute atomic E-state index is 0.0159. The van der Waals surface area contributed by atoms with Crippen LogP contribution in [0.3, 0.4) is 0 Å². The number of fused-ring (bicyclic) bond motifs is 7. The van der Waals surface area contributed by atoms with E-state index in [2.05, 4.69) is 336 Å². The van der Waals surface area contributed by atoms with E-state index in [-0.39, 0.29) is 50.0 Å². The third kappa shape index (κ3) is 9.83. The summed E-state index contributed by atoms with van der Waals surface area (Å²) in [7, 11) is 0. The predicted octanol–water partition coefficient (Wildman–Crippen LogP) is 21.7. The lowest BCUT2D eigenvalue weighted by atomic mass is 9.33. The molecule has 0 saturated carbocycles. The van der Waals surface area contributed by atoms with Crippen LogP contribution >= 0.6 is 0 Å². The molecule has 454 valence electrons. The van der Waals surface area contributed by atoms with E-state index < -0.39 is 0 Å². The minimum atomic E-state index is -0.282. The van der Waals surface area contributed by atoms with Gasteiger partial charge in [-0.15, -0.1) is 0 Å². The fourth-order valence-corrected chi connectivity index (χ4v) is 15.7. The van der Waals surface area contributed by atoms with Crippen LogP contribution in [0.4, 0.5) is 51.2 Å². The lowest BCUT2D eigenvalue weighted by molar-refractivity contribution is 0.332. The normalized spacial score (nSPS) is 16.8. The van der Waals surface area contributed by atoms with Gasteiger partial charge >= 0.3 is 0 Å². The first-order valence-corrected chi connectivity index (χ1v) is 33.2. The Labute approximate surface area is 535 Å². The van der Waals surface area contributed by atoms with E-state index in [9.17, 15) is 0 Å². The van der Waals surface area contributed by atoms with E-state index >= 15 is 0 Å². The molecule has 4 heteroatoms. The van der Waals surface area contributed by atoms with Crippen LogP contribution in [0.25, 0.3) is 11.1 Å². The largest absolute Gasteiger partial charge is 0.311 e. The van der Waals surface area contributed by atoms with Gasteiger partial charge < -0.3 is 14.7 Å². The van der Waals surface area contributed by atoms with Crippen LogP contribution in [0.1, 0.15) is 213 Å². The molecule has 4 aliphatic rings. The zero-order chi connectivity index (χ0) is 63.7. The summed E-state index contributed by atoms with van der Waals surface area (Å²) >= 11 is 0. The summed E-state index contributed by atoms with van der Waals surface area (Å²) in [6.07, 6.45) is 2.29. The smallest absolute Gasteiger partial charge is 0.252 e. The molecule has 2 aliphatic heterocycles. The highest BCUT2D eigenvalue weighted by Gasteiger charge is 2.50. The topological polar surface area (TPSA) is 9.72 Å². The number of hydrogen-bond donors (Lipinski definition) is 0. The highest BCUT2D eigenvalue weighted by molar-refractivity contribution is 7.00. The maximum Gasteiger partial charge on any atom is 0.252 e. The summed E-state index contributed by atoms with van der Waals surface area (Å²) in [4.78, 5) is 8.01. The molecule has 0 N–H and O–H groups in total. The van der Waals surface area contributed by atoms with Crippen LogP contribution in [0.15, 0.2) is 176 Å². The third-order valence-electron chi connectivity index (χ3n) is 21.5. The summed E-state index contributed by atoms with van der Waals surface area (Å²) < 4.78 is 0. The van der Waals surface area contributed by atoms with E-state index in [0.29, 0.717) is 0 Å². The highest BCUT2D eigenvalue weighted by atomic mass is 15.2. The van der Waals surface area contributed by atoms with Crippen molar-refractivity contribution in [3.63, 3.8) is 0 Å². The number of anilines is 9. The van der Waals surface area contributed by atoms with Gasteiger partial charge in [-0.2, -0.15) is 0 Å². The van der Waals surface area contributed by atoms with Crippen LogP contribution in [-0.2, 0) is 43.3 Å². The van der Waals surface area contributed by atoms with Crippen molar-refractivity contribution >= 4 is 74.3 Å². The van der Waals surface area contributed by atoms with Crippen LogP contribution < -0.4 is 31.1 Å². The zero-order valence-corrected chi connectivity index (χ0v) is 57.6. The summed E-state index contributed by atoms with van der Waals surface area (Å²) in [6.45, 7) is 50.2. The van der Waals surface area contributed by atoms with Gasteiger partial charge in [-0.1, -0.05) is 248 Å². The van der Waals surface area contributed by atoms with Crippen molar-refractivity contribution in [3.8, 4) is 11.1 Å². The van der Waals surface area contributed by atoms with Crippen molar-refractivity contribution in [1.29, 1.82) is 0 Å². The van der Waals surface area contributed by atoms with Crippen LogP contribution in [-0.4, -0.2) is 6.71 Å². The van der Waals surface area contributed by atoms with Gasteiger partial charge in [-0.3, -0.25) is 0 Å². The molecule has 0 aromatic heterocycles. The molecule has 9 aromatic rings. The summed E-state index contributed by atoms with van der Waals surface area (Å²) in [5, 5.41) is 0. The maximum absolute atomic E-state index is 2.77. The Morgan fingerprint density at radius 2 is 0.764 bits per heavy atom. The molecular weight excluding hydrogens is 1070 g/mol. The molecular formula is C85H96BN3. The maximum atomic E-state index is 2.77. The van der Waals surface area contributed by atoms with Crippen molar-refractivity contribution < 1.29 is 0 Å². The van der Waals surface area contributed by atoms with E-state index in [4.69, 9.17) is 0 Å². The molecule has 0 amide bonds. The second-order valence-corrected chi connectivity index (χ2v) is 33.5. The summed E-state index contributed by atoms with van der Waals surface area (Å²) in [6, 6.07) is 70.0. The Morgan fingerprint density at radius 1 is 0.348 bits per heavy atom. The Kier molecular flexibility index (Phi) is 13.7. The second-order valence-electron chi connectivity index (χ2n) is 33.5. The monoisotopic (exact) mass is 1170 g/mol. The summed E-state index contributed by atoms with van der Waals surface area (Å²) in [5.74, 6) is 0. The molecule has 89 heavy (non-hydrogen) atoms. The van der Waals surface area contributed by atoms with Gasteiger partial charge in [0.15, 0.2) is 0 Å². The molecule has 0 fully saturated rings. The molecule has 13 rings (SSSR count). The Hall–Kier alpha value is -7.56. The lowest BCUT2D eigenvalue weighted by Crippen LogP contribution is -2.62. The first-order chi connectivity index (χ1) is 41.6. The Balaban J connectivity index is 1.23. The molecule has 3 nitrogen and oxygen atoms in total. The number of aryl methyl sites for hydroxylation is 1. The second kappa shape index (κ2) is 20.2. The van der Waals surface area contributed by atoms with E-state index in [1.54, 1.807) is 0 Å². The number of rotatable bonds is 6. The minimum Gasteiger partial charge on any atom is -0.311 e. The van der Waals surface area contributed by atoms with Crippen molar-refractivity contribution in [2.75, 3.05) is 14.7 Å². The average molecular weight is 1170 g/mol. The van der Waals surface area contributed by atoms with Crippen LogP contribution in [0.2, 0.25) is 0 Å². The van der Waals surface area contributed by atoms with Gasteiger partial charge in [0.2, 0.25) is 0 Å². The van der Waals surface area contributed by atoms with Gasteiger partial charge in [0.25, 0.3) is 6.71 Å². The molecule has 0 saturated heterocycles. The molecule has 0 atom stereocenters. The van der Waals surface area contributed by atoms with Crippen molar-refractivity contribution in [2.24, 2.45) is 0 Å². The molecule has 0 bridgehead atoms. The number of hydrogen-bond acceptors (Lipinski definition) is 3.